The van der Waals surface area contributed by atoms with E-state index in [1.54, 1.807) is 25.1 Å². The molecule has 0 bridgehead atoms. The maximum atomic E-state index is 12.3. The fraction of sp³-hybridized carbons (Fsp3) is 0.125. The quantitative estimate of drug-likeness (QED) is 0.415. The molecule has 0 atom stereocenters. The Bertz CT molecular complexity index is 1030. The molecule has 3 rings (SSSR count). The molecule has 1 aromatic heterocycles. The number of nitrogens with zero attached hydrogens (tertiary/aromatic N) is 2. The molecule has 0 saturated carbocycles. The van der Waals surface area contributed by atoms with Gasteiger partial charge in [-0.1, -0.05) is 5.75 Å². The van der Waals surface area contributed by atoms with Crippen molar-refractivity contribution in [3.8, 4) is 11.5 Å². The number of aliphatic imine (C=N–C) groups is 1. The SMILES string of the molecule is CCOc1cc([N+](=O)[O-])cc(C=Nc2ccc3[nH]c(=O)[nH]c3c2)c1[O-]. The third kappa shape index (κ3) is 3.34. The molecule has 3 aromatic rings. The number of H-pyrrole nitrogens is 2. The van der Waals surface area contributed by atoms with E-state index in [9.17, 15) is 20.0 Å². The molecule has 0 aliphatic heterocycles. The van der Waals surface area contributed by atoms with E-state index in [2.05, 4.69) is 15.0 Å². The zero-order valence-electron chi connectivity index (χ0n) is 13.1. The molecule has 0 aliphatic rings. The van der Waals surface area contributed by atoms with Crippen molar-refractivity contribution < 1.29 is 14.8 Å². The van der Waals surface area contributed by atoms with Gasteiger partial charge in [-0.2, -0.15) is 0 Å². The van der Waals surface area contributed by atoms with Crippen molar-refractivity contribution in [2.75, 3.05) is 6.61 Å². The molecular weight excluding hydrogens is 328 g/mol. The first kappa shape index (κ1) is 16.2. The Morgan fingerprint density at radius 2 is 2.00 bits per heavy atom. The van der Waals surface area contributed by atoms with Crippen molar-refractivity contribution in [2.45, 2.75) is 6.92 Å². The molecule has 9 heteroatoms. The van der Waals surface area contributed by atoms with Crippen molar-refractivity contribution in [1.82, 2.24) is 9.97 Å². The number of non-ortho nitro benzene ring substituents is 1. The third-order valence-electron chi connectivity index (χ3n) is 3.43. The lowest BCUT2D eigenvalue weighted by molar-refractivity contribution is -0.385. The van der Waals surface area contributed by atoms with Crippen LogP contribution < -0.4 is 15.5 Å². The normalized spacial score (nSPS) is 11.2. The minimum Gasteiger partial charge on any atom is -0.870 e. The lowest BCUT2D eigenvalue weighted by atomic mass is 10.1. The lowest BCUT2D eigenvalue weighted by Gasteiger charge is -2.16. The van der Waals surface area contributed by atoms with Gasteiger partial charge in [-0.15, -0.1) is 0 Å². The number of nitro groups is 1. The van der Waals surface area contributed by atoms with Crippen LogP contribution in [0.3, 0.4) is 0 Å². The molecule has 0 amide bonds. The summed E-state index contributed by atoms with van der Waals surface area (Å²) in [4.78, 5) is 31.0. The maximum Gasteiger partial charge on any atom is 0.323 e. The first-order chi connectivity index (χ1) is 12.0. The molecule has 0 radical (unpaired) electrons. The maximum absolute atomic E-state index is 12.3. The number of benzene rings is 2. The smallest absolute Gasteiger partial charge is 0.323 e. The van der Waals surface area contributed by atoms with Crippen molar-refractivity contribution in [3.05, 3.63) is 56.5 Å². The Morgan fingerprint density at radius 3 is 2.72 bits per heavy atom. The highest BCUT2D eigenvalue weighted by Gasteiger charge is 2.11. The Labute approximate surface area is 140 Å². The number of nitro benzene ring substituents is 1. The number of nitrogens with one attached hydrogen (secondary N) is 2. The molecule has 0 saturated heterocycles. The second-order valence-corrected chi connectivity index (χ2v) is 5.12. The zero-order chi connectivity index (χ0) is 18.0. The van der Waals surface area contributed by atoms with Crippen LogP contribution in [0.4, 0.5) is 11.4 Å². The topological polar surface area (TPSA) is 136 Å². The van der Waals surface area contributed by atoms with Crippen LogP contribution in [0.5, 0.6) is 11.5 Å². The van der Waals surface area contributed by atoms with Gasteiger partial charge in [-0.3, -0.25) is 15.1 Å². The van der Waals surface area contributed by atoms with Crippen molar-refractivity contribution in [1.29, 1.82) is 0 Å². The van der Waals surface area contributed by atoms with E-state index >= 15 is 0 Å². The summed E-state index contributed by atoms with van der Waals surface area (Å²) < 4.78 is 5.16. The number of fused-ring (bicyclic) bond motifs is 1. The highest BCUT2D eigenvalue weighted by Crippen LogP contribution is 2.32. The van der Waals surface area contributed by atoms with Gasteiger partial charge in [0.15, 0.2) is 0 Å². The van der Waals surface area contributed by atoms with Gasteiger partial charge in [0, 0.05) is 12.3 Å². The first-order valence-corrected chi connectivity index (χ1v) is 7.36. The highest BCUT2D eigenvalue weighted by molar-refractivity contribution is 5.88. The zero-order valence-corrected chi connectivity index (χ0v) is 13.1. The number of aromatic amines is 2. The number of hydrogen-bond donors (Lipinski definition) is 2. The van der Waals surface area contributed by atoms with Gasteiger partial charge in [-0.05, 0) is 30.7 Å². The van der Waals surface area contributed by atoms with Gasteiger partial charge in [-0.25, -0.2) is 4.79 Å². The van der Waals surface area contributed by atoms with E-state index in [1.807, 2.05) is 0 Å². The number of hydrogen-bond acceptors (Lipinski definition) is 6. The summed E-state index contributed by atoms with van der Waals surface area (Å²) in [5, 5.41) is 23.3. The monoisotopic (exact) mass is 341 g/mol. The van der Waals surface area contributed by atoms with Gasteiger partial charge in [0.1, 0.15) is 5.75 Å². The van der Waals surface area contributed by atoms with E-state index in [4.69, 9.17) is 4.74 Å². The fourth-order valence-electron chi connectivity index (χ4n) is 2.32. The van der Waals surface area contributed by atoms with Gasteiger partial charge in [0.25, 0.3) is 5.69 Å². The molecular formula is C16H13N4O5-. The largest absolute Gasteiger partial charge is 0.870 e. The van der Waals surface area contributed by atoms with Crippen molar-refractivity contribution >= 4 is 28.6 Å². The van der Waals surface area contributed by atoms with E-state index in [0.717, 1.165) is 12.1 Å². The third-order valence-corrected chi connectivity index (χ3v) is 3.43. The molecule has 2 aromatic carbocycles. The van der Waals surface area contributed by atoms with Crippen LogP contribution in [0.15, 0.2) is 40.1 Å². The summed E-state index contributed by atoms with van der Waals surface area (Å²) in [5.74, 6) is -0.573. The molecule has 0 fully saturated rings. The summed E-state index contributed by atoms with van der Waals surface area (Å²) in [7, 11) is 0. The van der Waals surface area contributed by atoms with Gasteiger partial charge in [0.05, 0.1) is 34.3 Å². The summed E-state index contributed by atoms with van der Waals surface area (Å²) in [5.41, 5.74) is 1.12. The standard InChI is InChI=1S/C16H14N4O5/c1-2-25-14-7-11(20(23)24)5-9(15(14)21)8-17-10-3-4-12-13(6-10)19-16(22)18-12/h3-8,21H,2H2,1H3,(H2,18,19,22)/p-1. The number of aromatic nitrogens is 2. The Balaban J connectivity index is 2.00. The molecule has 25 heavy (non-hydrogen) atoms. The van der Waals surface area contributed by atoms with Crippen LogP contribution in [0.1, 0.15) is 12.5 Å². The van der Waals surface area contributed by atoms with Gasteiger partial charge >= 0.3 is 5.69 Å². The first-order valence-electron chi connectivity index (χ1n) is 7.36. The number of rotatable bonds is 5. The lowest BCUT2D eigenvalue weighted by Crippen LogP contribution is -2.04. The Morgan fingerprint density at radius 1 is 1.24 bits per heavy atom. The average Bonchev–Trinajstić information content (AvgIpc) is 2.94. The predicted molar refractivity (Wildman–Crippen MR) is 89.9 cm³/mol. The summed E-state index contributed by atoms with van der Waals surface area (Å²) >= 11 is 0. The second-order valence-electron chi connectivity index (χ2n) is 5.12. The Kier molecular flexibility index (Phi) is 4.21. The molecule has 128 valence electrons. The summed E-state index contributed by atoms with van der Waals surface area (Å²) in [6, 6.07) is 7.17. The molecule has 2 N–H and O–H groups in total. The number of ether oxygens (including phenoxy) is 1. The minimum absolute atomic E-state index is 0.0420. The van der Waals surface area contributed by atoms with Crippen LogP contribution in [-0.4, -0.2) is 27.7 Å². The Hall–Kier alpha value is -3.62. The molecule has 9 nitrogen and oxygen atoms in total. The van der Waals surface area contributed by atoms with Crippen molar-refractivity contribution in [2.24, 2.45) is 4.99 Å². The van der Waals surface area contributed by atoms with Crippen molar-refractivity contribution in [3.63, 3.8) is 0 Å². The molecule has 0 spiro atoms. The van der Waals surface area contributed by atoms with Crippen LogP contribution >= 0.6 is 0 Å². The van der Waals surface area contributed by atoms with Crippen LogP contribution in [0.25, 0.3) is 11.0 Å². The van der Waals surface area contributed by atoms with Crippen LogP contribution in [0, 0.1) is 10.1 Å². The highest BCUT2D eigenvalue weighted by atomic mass is 16.6. The summed E-state index contributed by atoms with van der Waals surface area (Å²) in [6.07, 6.45) is 1.24. The molecule has 0 aliphatic carbocycles. The predicted octanol–water partition coefficient (Wildman–Crippen LogP) is 1.99. The van der Waals surface area contributed by atoms with Crippen LogP contribution in [0.2, 0.25) is 0 Å². The number of imidazole rings is 1. The van der Waals surface area contributed by atoms with E-state index in [0.29, 0.717) is 16.7 Å². The van der Waals surface area contributed by atoms with E-state index in [1.165, 1.54) is 6.21 Å². The minimum atomic E-state index is -0.601. The van der Waals surface area contributed by atoms with E-state index < -0.39 is 10.7 Å². The summed E-state index contributed by atoms with van der Waals surface area (Å²) in [6.45, 7) is 1.89. The van der Waals surface area contributed by atoms with Crippen LogP contribution in [-0.2, 0) is 0 Å². The van der Waals surface area contributed by atoms with Gasteiger partial charge < -0.3 is 19.8 Å². The fourth-order valence-corrected chi connectivity index (χ4v) is 2.32. The van der Waals surface area contributed by atoms with E-state index in [-0.39, 0.29) is 29.3 Å². The molecule has 1 heterocycles. The molecule has 0 unspecified atom stereocenters. The average molecular weight is 341 g/mol. The second kappa shape index (κ2) is 6.48. The van der Waals surface area contributed by atoms with Gasteiger partial charge in [0.2, 0.25) is 0 Å².